The minimum Gasteiger partial charge on any atom is -0.293 e. The number of hydrogen-bond acceptors (Lipinski definition) is 2. The van der Waals surface area contributed by atoms with Gasteiger partial charge in [0, 0.05) is 11.1 Å². The lowest BCUT2D eigenvalue weighted by molar-refractivity contribution is 0.102. The second-order valence-corrected chi connectivity index (χ2v) is 5.36. The standard InChI is InChI=1S/C20H16OS/c21-19(14-22)18-13-7-12-17(15-8-3-1-4-9-15)20(18)16-10-5-2-6-11-16/h1-13,22H,14H2. The highest BCUT2D eigenvalue weighted by molar-refractivity contribution is 7.81. The Morgan fingerprint density at radius 3 is 1.91 bits per heavy atom. The molecule has 0 radical (unpaired) electrons. The van der Waals surface area contributed by atoms with Crippen molar-refractivity contribution < 1.29 is 4.79 Å². The summed E-state index contributed by atoms with van der Waals surface area (Å²) in [5.74, 6) is 0.248. The number of benzene rings is 3. The minimum atomic E-state index is 0.0416. The van der Waals surface area contributed by atoms with Gasteiger partial charge in [-0.3, -0.25) is 4.79 Å². The fourth-order valence-corrected chi connectivity index (χ4v) is 2.81. The highest BCUT2D eigenvalue weighted by Crippen LogP contribution is 2.35. The van der Waals surface area contributed by atoms with E-state index in [0.29, 0.717) is 0 Å². The Bertz CT molecular complexity index is 779. The van der Waals surface area contributed by atoms with Gasteiger partial charge in [0.2, 0.25) is 0 Å². The maximum Gasteiger partial charge on any atom is 0.173 e. The molecule has 0 aliphatic carbocycles. The Labute approximate surface area is 136 Å². The molecule has 0 spiro atoms. The molecular weight excluding hydrogens is 288 g/mol. The summed E-state index contributed by atoms with van der Waals surface area (Å²) >= 11 is 4.16. The van der Waals surface area contributed by atoms with Gasteiger partial charge in [-0.15, -0.1) is 0 Å². The molecule has 0 bridgehead atoms. The highest BCUT2D eigenvalue weighted by Gasteiger charge is 2.16. The molecular formula is C20H16OS. The number of hydrogen-bond donors (Lipinski definition) is 1. The monoisotopic (exact) mass is 304 g/mol. The van der Waals surface area contributed by atoms with E-state index in [2.05, 4.69) is 30.8 Å². The topological polar surface area (TPSA) is 17.1 Å². The Hall–Kier alpha value is -2.32. The number of carbonyl (C=O) groups is 1. The van der Waals surface area contributed by atoms with Gasteiger partial charge in [0.25, 0.3) is 0 Å². The van der Waals surface area contributed by atoms with Crippen LogP contribution in [0.5, 0.6) is 0 Å². The van der Waals surface area contributed by atoms with Crippen molar-refractivity contribution in [3.63, 3.8) is 0 Å². The van der Waals surface area contributed by atoms with Crippen LogP contribution in [-0.4, -0.2) is 11.5 Å². The lowest BCUT2D eigenvalue weighted by atomic mass is 9.89. The number of thiol groups is 1. The van der Waals surface area contributed by atoms with Crippen LogP contribution in [0.2, 0.25) is 0 Å². The summed E-state index contributed by atoms with van der Waals surface area (Å²) in [6.07, 6.45) is 0. The van der Waals surface area contributed by atoms with Gasteiger partial charge in [0.1, 0.15) is 0 Å². The molecule has 0 atom stereocenters. The van der Waals surface area contributed by atoms with E-state index >= 15 is 0 Å². The van der Waals surface area contributed by atoms with E-state index in [9.17, 15) is 4.79 Å². The summed E-state index contributed by atoms with van der Waals surface area (Å²) in [7, 11) is 0. The zero-order valence-corrected chi connectivity index (χ0v) is 13.0. The second kappa shape index (κ2) is 6.63. The van der Waals surface area contributed by atoms with Crippen LogP contribution in [0.1, 0.15) is 10.4 Å². The number of ketones is 1. The molecule has 3 rings (SSSR count). The molecule has 3 aromatic carbocycles. The van der Waals surface area contributed by atoms with Crippen molar-refractivity contribution in [2.24, 2.45) is 0 Å². The summed E-state index contributed by atoms with van der Waals surface area (Å²) in [4.78, 5) is 12.3. The fraction of sp³-hybridized carbons (Fsp3) is 0.0500. The Morgan fingerprint density at radius 1 is 0.727 bits per heavy atom. The zero-order valence-electron chi connectivity index (χ0n) is 12.1. The van der Waals surface area contributed by atoms with Crippen molar-refractivity contribution in [3.8, 4) is 22.3 Å². The summed E-state index contributed by atoms with van der Waals surface area (Å²) in [6.45, 7) is 0. The van der Waals surface area contributed by atoms with Crippen LogP contribution in [0.15, 0.2) is 78.9 Å². The van der Waals surface area contributed by atoms with Gasteiger partial charge in [0.15, 0.2) is 5.78 Å². The van der Waals surface area contributed by atoms with E-state index in [4.69, 9.17) is 0 Å². The third-order valence-corrected chi connectivity index (χ3v) is 3.94. The largest absolute Gasteiger partial charge is 0.293 e. The van der Waals surface area contributed by atoms with Crippen molar-refractivity contribution in [1.29, 1.82) is 0 Å². The number of Topliss-reactive ketones (excluding diaryl/α,β-unsaturated/α-hetero) is 1. The molecule has 0 fully saturated rings. The van der Waals surface area contributed by atoms with E-state index in [1.807, 2.05) is 60.7 Å². The van der Waals surface area contributed by atoms with Crippen molar-refractivity contribution in [1.82, 2.24) is 0 Å². The molecule has 0 aliphatic heterocycles. The van der Waals surface area contributed by atoms with Crippen LogP contribution >= 0.6 is 12.6 Å². The van der Waals surface area contributed by atoms with Crippen molar-refractivity contribution >= 4 is 18.4 Å². The molecule has 0 heterocycles. The third kappa shape index (κ3) is 2.83. The summed E-state index contributed by atoms with van der Waals surface area (Å²) in [5.41, 5.74) is 4.93. The Morgan fingerprint density at radius 2 is 1.32 bits per heavy atom. The van der Waals surface area contributed by atoms with Crippen molar-refractivity contribution in [2.45, 2.75) is 0 Å². The smallest absolute Gasteiger partial charge is 0.173 e. The average molecular weight is 304 g/mol. The molecule has 3 aromatic rings. The van der Waals surface area contributed by atoms with Gasteiger partial charge in [0.05, 0.1) is 5.75 Å². The maximum atomic E-state index is 12.3. The Kier molecular flexibility index (Phi) is 4.40. The van der Waals surface area contributed by atoms with Crippen LogP contribution in [0.3, 0.4) is 0 Å². The number of carbonyl (C=O) groups excluding carboxylic acids is 1. The molecule has 2 heteroatoms. The first-order valence-electron chi connectivity index (χ1n) is 7.19. The Balaban J connectivity index is 2.29. The fourth-order valence-electron chi connectivity index (χ4n) is 2.64. The van der Waals surface area contributed by atoms with Gasteiger partial charge in [-0.1, -0.05) is 78.9 Å². The summed E-state index contributed by atoms with van der Waals surface area (Å²) in [5, 5.41) is 0. The first-order chi connectivity index (χ1) is 10.8. The molecule has 22 heavy (non-hydrogen) atoms. The second-order valence-electron chi connectivity index (χ2n) is 5.04. The van der Waals surface area contributed by atoms with Gasteiger partial charge in [-0.2, -0.15) is 12.6 Å². The maximum absolute atomic E-state index is 12.3. The predicted molar refractivity (Wildman–Crippen MR) is 95.5 cm³/mol. The quantitative estimate of drug-likeness (QED) is 0.522. The van der Waals surface area contributed by atoms with E-state index in [-0.39, 0.29) is 11.5 Å². The van der Waals surface area contributed by atoms with E-state index in [1.54, 1.807) is 0 Å². The van der Waals surface area contributed by atoms with E-state index in [1.165, 1.54) is 0 Å². The van der Waals surface area contributed by atoms with Crippen LogP contribution in [0.25, 0.3) is 22.3 Å². The molecule has 1 nitrogen and oxygen atoms in total. The molecule has 0 N–H and O–H groups in total. The average Bonchev–Trinajstić information content (AvgIpc) is 2.62. The highest BCUT2D eigenvalue weighted by atomic mass is 32.1. The molecule has 0 aliphatic rings. The van der Waals surface area contributed by atoms with E-state index in [0.717, 1.165) is 27.8 Å². The van der Waals surface area contributed by atoms with Crippen molar-refractivity contribution in [2.75, 3.05) is 5.75 Å². The van der Waals surface area contributed by atoms with Gasteiger partial charge in [-0.25, -0.2) is 0 Å². The molecule has 0 aromatic heterocycles. The van der Waals surface area contributed by atoms with Crippen LogP contribution in [-0.2, 0) is 0 Å². The summed E-state index contributed by atoms with van der Waals surface area (Å²) < 4.78 is 0. The first kappa shape index (κ1) is 14.6. The van der Waals surface area contributed by atoms with E-state index < -0.39 is 0 Å². The molecule has 0 saturated carbocycles. The molecule has 0 saturated heterocycles. The molecule has 0 amide bonds. The molecule has 108 valence electrons. The molecule has 0 unspecified atom stereocenters. The lowest BCUT2D eigenvalue weighted by Gasteiger charge is -2.14. The predicted octanol–water partition coefficient (Wildman–Crippen LogP) is 5.13. The van der Waals surface area contributed by atoms with Gasteiger partial charge < -0.3 is 0 Å². The SMILES string of the molecule is O=C(CS)c1cccc(-c2ccccc2)c1-c1ccccc1. The van der Waals surface area contributed by atoms with Crippen LogP contribution < -0.4 is 0 Å². The van der Waals surface area contributed by atoms with Crippen molar-refractivity contribution in [3.05, 3.63) is 84.4 Å². The minimum absolute atomic E-state index is 0.0416. The van der Waals surface area contributed by atoms with Crippen LogP contribution in [0, 0.1) is 0 Å². The number of rotatable bonds is 4. The lowest BCUT2D eigenvalue weighted by Crippen LogP contribution is -2.04. The third-order valence-electron chi connectivity index (χ3n) is 3.66. The van der Waals surface area contributed by atoms with Crippen LogP contribution in [0.4, 0.5) is 0 Å². The first-order valence-corrected chi connectivity index (χ1v) is 7.82. The normalized spacial score (nSPS) is 10.4. The van der Waals surface area contributed by atoms with Gasteiger partial charge >= 0.3 is 0 Å². The summed E-state index contributed by atoms with van der Waals surface area (Å²) in [6, 6.07) is 26.1. The van der Waals surface area contributed by atoms with Gasteiger partial charge in [-0.05, 0) is 16.7 Å². The zero-order chi connectivity index (χ0) is 15.4.